The summed E-state index contributed by atoms with van der Waals surface area (Å²) in [5, 5.41) is 1.33. The molecule has 1 aliphatic heterocycles. The monoisotopic (exact) mass is 252 g/mol. The molecule has 0 bridgehead atoms. The van der Waals surface area contributed by atoms with E-state index in [1.165, 1.54) is 0 Å². The van der Waals surface area contributed by atoms with Gasteiger partial charge in [0.15, 0.2) is 9.84 Å². The van der Waals surface area contributed by atoms with Gasteiger partial charge in [-0.15, -0.1) is 6.58 Å². The first-order valence-corrected chi connectivity index (χ1v) is 7.86. The van der Waals surface area contributed by atoms with Gasteiger partial charge in [-0.25, -0.2) is 8.42 Å². The fourth-order valence-electron chi connectivity index (χ4n) is 4.57. The molecule has 3 heteroatoms. The maximum absolute atomic E-state index is 12.3. The number of hydrogen-bond acceptors (Lipinski definition) is 2. The molecule has 0 aromatic carbocycles. The minimum atomic E-state index is -3.04. The summed E-state index contributed by atoms with van der Waals surface area (Å²) in [6.07, 6.45) is 4.76. The van der Waals surface area contributed by atoms with Crippen LogP contribution in [0.2, 0.25) is 0 Å². The fraction of sp³-hybridized carbons (Fsp3) is 0.714. The van der Waals surface area contributed by atoms with Crippen LogP contribution in [-0.4, -0.2) is 13.7 Å². The zero-order chi connectivity index (χ0) is 12.7. The second-order valence-corrected chi connectivity index (χ2v) is 8.99. The lowest BCUT2D eigenvalue weighted by atomic mass is 9.39. The Bertz CT molecular complexity index is 541. The molecule has 94 valence electrons. The highest BCUT2D eigenvalue weighted by atomic mass is 32.2. The summed E-state index contributed by atoms with van der Waals surface area (Å²) in [7, 11) is -3.04. The Labute approximate surface area is 104 Å². The SMILES string of the molecule is C=CC12CC3=CS(=O)(=O)C(CC(C)(C)C1)C32C. The van der Waals surface area contributed by atoms with Crippen LogP contribution in [-0.2, 0) is 9.84 Å². The maximum atomic E-state index is 12.3. The second-order valence-electron chi connectivity index (χ2n) is 7.01. The third-order valence-electron chi connectivity index (χ3n) is 5.48. The van der Waals surface area contributed by atoms with Crippen molar-refractivity contribution in [3.05, 3.63) is 23.6 Å². The van der Waals surface area contributed by atoms with E-state index in [1.807, 2.05) is 6.08 Å². The molecular formula is C14H20O2S. The largest absolute Gasteiger partial charge is 0.224 e. The molecule has 0 aromatic rings. The van der Waals surface area contributed by atoms with E-state index < -0.39 is 9.84 Å². The number of rotatable bonds is 1. The topological polar surface area (TPSA) is 34.1 Å². The molecule has 2 saturated carbocycles. The molecule has 3 atom stereocenters. The van der Waals surface area contributed by atoms with Crippen LogP contribution < -0.4 is 0 Å². The van der Waals surface area contributed by atoms with Crippen molar-refractivity contribution in [2.24, 2.45) is 16.2 Å². The molecule has 17 heavy (non-hydrogen) atoms. The predicted molar refractivity (Wildman–Crippen MR) is 69.2 cm³/mol. The smallest absolute Gasteiger partial charge is 0.175 e. The minimum absolute atomic E-state index is 0.00875. The molecule has 3 unspecified atom stereocenters. The lowest BCUT2D eigenvalue weighted by Crippen LogP contribution is -2.61. The Morgan fingerprint density at radius 3 is 2.65 bits per heavy atom. The summed E-state index contributed by atoms with van der Waals surface area (Å²) < 4.78 is 24.5. The van der Waals surface area contributed by atoms with Crippen molar-refractivity contribution in [2.75, 3.05) is 0 Å². The first kappa shape index (κ1) is 11.5. The van der Waals surface area contributed by atoms with Gasteiger partial charge in [0, 0.05) is 16.2 Å². The minimum Gasteiger partial charge on any atom is -0.224 e. The maximum Gasteiger partial charge on any atom is 0.175 e. The molecule has 2 aliphatic carbocycles. The average molecular weight is 252 g/mol. The van der Waals surface area contributed by atoms with Crippen molar-refractivity contribution in [3.8, 4) is 0 Å². The summed E-state index contributed by atoms with van der Waals surface area (Å²) in [5.74, 6) is 0. The van der Waals surface area contributed by atoms with Crippen molar-refractivity contribution in [2.45, 2.75) is 45.3 Å². The Kier molecular flexibility index (Phi) is 1.84. The standard InChI is InChI=1S/C14H20O2S/c1-5-14-6-10-8-17(15,16)11(13(10,14)4)7-12(2,3)9-14/h5,8,11H,1,6-7,9H2,2-4H3. The number of hydrogen-bond donors (Lipinski definition) is 0. The molecule has 0 amide bonds. The quantitative estimate of drug-likeness (QED) is 0.672. The Morgan fingerprint density at radius 1 is 1.41 bits per heavy atom. The highest BCUT2D eigenvalue weighted by Gasteiger charge is 2.71. The van der Waals surface area contributed by atoms with Crippen molar-refractivity contribution >= 4 is 9.84 Å². The van der Waals surface area contributed by atoms with Crippen molar-refractivity contribution in [3.63, 3.8) is 0 Å². The Hall–Kier alpha value is -0.570. The summed E-state index contributed by atoms with van der Waals surface area (Å²) in [6.45, 7) is 10.5. The zero-order valence-electron chi connectivity index (χ0n) is 10.8. The van der Waals surface area contributed by atoms with Crippen LogP contribution >= 0.6 is 0 Å². The molecule has 3 aliphatic rings. The van der Waals surface area contributed by atoms with Crippen LogP contribution in [0.15, 0.2) is 23.6 Å². The van der Waals surface area contributed by atoms with Crippen LogP contribution in [0.25, 0.3) is 0 Å². The lowest BCUT2D eigenvalue weighted by Gasteiger charge is -2.64. The molecule has 0 N–H and O–H groups in total. The summed E-state index contributed by atoms with van der Waals surface area (Å²) in [6, 6.07) is 0. The van der Waals surface area contributed by atoms with E-state index in [9.17, 15) is 8.42 Å². The number of allylic oxidation sites excluding steroid dienone is 2. The van der Waals surface area contributed by atoms with Crippen LogP contribution in [0.4, 0.5) is 0 Å². The van der Waals surface area contributed by atoms with E-state index >= 15 is 0 Å². The molecule has 2 nitrogen and oxygen atoms in total. The molecule has 1 heterocycles. The molecular weight excluding hydrogens is 232 g/mol. The van der Waals surface area contributed by atoms with Gasteiger partial charge in [-0.1, -0.05) is 26.8 Å². The van der Waals surface area contributed by atoms with Gasteiger partial charge in [0.25, 0.3) is 0 Å². The number of sulfone groups is 1. The van der Waals surface area contributed by atoms with Crippen molar-refractivity contribution in [1.29, 1.82) is 0 Å². The molecule has 0 aromatic heterocycles. The average Bonchev–Trinajstić information content (AvgIpc) is 2.37. The first-order valence-electron chi connectivity index (χ1n) is 6.26. The van der Waals surface area contributed by atoms with Crippen LogP contribution in [0, 0.1) is 16.2 Å². The normalized spacial score (nSPS) is 48.9. The van der Waals surface area contributed by atoms with Gasteiger partial charge in [0.2, 0.25) is 0 Å². The first-order chi connectivity index (χ1) is 7.67. The third kappa shape index (κ3) is 1.09. The van der Waals surface area contributed by atoms with E-state index in [2.05, 4.69) is 27.4 Å². The van der Waals surface area contributed by atoms with E-state index in [0.29, 0.717) is 0 Å². The summed E-state index contributed by atoms with van der Waals surface area (Å²) in [4.78, 5) is 0. The highest BCUT2D eigenvalue weighted by molar-refractivity contribution is 7.95. The highest BCUT2D eigenvalue weighted by Crippen LogP contribution is 2.74. The molecule has 3 rings (SSSR count). The summed E-state index contributed by atoms with van der Waals surface area (Å²) in [5.41, 5.74) is 1.07. The lowest BCUT2D eigenvalue weighted by molar-refractivity contribution is -0.0388. The van der Waals surface area contributed by atoms with Gasteiger partial charge in [-0.3, -0.25) is 0 Å². The Morgan fingerprint density at radius 2 is 2.06 bits per heavy atom. The van der Waals surface area contributed by atoms with E-state index in [0.717, 1.165) is 24.8 Å². The van der Waals surface area contributed by atoms with E-state index in [1.54, 1.807) is 5.41 Å². The molecule has 0 radical (unpaired) electrons. The van der Waals surface area contributed by atoms with Gasteiger partial charge in [0.1, 0.15) is 0 Å². The van der Waals surface area contributed by atoms with Crippen LogP contribution in [0.3, 0.4) is 0 Å². The van der Waals surface area contributed by atoms with Crippen LogP contribution in [0.1, 0.15) is 40.0 Å². The van der Waals surface area contributed by atoms with E-state index in [-0.39, 0.29) is 21.5 Å². The van der Waals surface area contributed by atoms with Gasteiger partial charge in [0.05, 0.1) is 5.25 Å². The second kappa shape index (κ2) is 2.71. The van der Waals surface area contributed by atoms with Crippen molar-refractivity contribution < 1.29 is 8.42 Å². The molecule has 2 fully saturated rings. The van der Waals surface area contributed by atoms with Crippen molar-refractivity contribution in [1.82, 2.24) is 0 Å². The van der Waals surface area contributed by atoms with E-state index in [4.69, 9.17) is 0 Å². The van der Waals surface area contributed by atoms with Gasteiger partial charge < -0.3 is 0 Å². The third-order valence-corrected chi connectivity index (χ3v) is 7.52. The Balaban J connectivity index is 2.21. The van der Waals surface area contributed by atoms with Gasteiger partial charge in [-0.2, -0.15) is 0 Å². The van der Waals surface area contributed by atoms with Gasteiger partial charge >= 0.3 is 0 Å². The molecule has 0 saturated heterocycles. The summed E-state index contributed by atoms with van der Waals surface area (Å²) >= 11 is 0. The fourth-order valence-corrected chi connectivity index (χ4v) is 7.19. The van der Waals surface area contributed by atoms with Gasteiger partial charge in [-0.05, 0) is 30.3 Å². The zero-order valence-corrected chi connectivity index (χ0v) is 11.6. The predicted octanol–water partition coefficient (Wildman–Crippen LogP) is 3.07. The molecule has 0 spiro atoms. The van der Waals surface area contributed by atoms with Crippen LogP contribution in [0.5, 0.6) is 0 Å².